The van der Waals surface area contributed by atoms with Crippen molar-refractivity contribution in [1.29, 1.82) is 0 Å². The Balaban J connectivity index is 1.04. The summed E-state index contributed by atoms with van der Waals surface area (Å²) in [5.74, 6) is 2.62. The highest BCUT2D eigenvalue weighted by molar-refractivity contribution is 5.43. The molecule has 2 heterocycles. The van der Waals surface area contributed by atoms with E-state index in [0.717, 1.165) is 33.8 Å². The van der Waals surface area contributed by atoms with Gasteiger partial charge in [-0.25, -0.2) is 0 Å². The second kappa shape index (κ2) is 11.3. The Morgan fingerprint density at radius 2 is 0.786 bits per heavy atom. The van der Waals surface area contributed by atoms with Crippen LogP contribution in [0.3, 0.4) is 0 Å². The van der Waals surface area contributed by atoms with Gasteiger partial charge in [0.25, 0.3) is 0 Å². The number of hydrogen-bond donors (Lipinski definition) is 1. The van der Waals surface area contributed by atoms with Crippen molar-refractivity contribution in [2.45, 2.75) is 57.6 Å². The number of aliphatic hydroxyl groups is 1. The zero-order valence-electron chi connectivity index (χ0n) is 24.3. The smallest absolute Gasteiger partial charge is 0.358 e. The molecule has 0 spiro atoms. The van der Waals surface area contributed by atoms with Crippen LogP contribution in [0.4, 0.5) is 0 Å². The monoisotopic (exact) mass is 568 g/mol. The van der Waals surface area contributed by atoms with Crippen molar-refractivity contribution in [3.05, 3.63) is 119 Å². The van der Waals surface area contributed by atoms with Crippen molar-refractivity contribution in [1.82, 2.24) is 0 Å². The standard InChI is InChI=1S/C35H36O7/c1-34(2,23-5-13-27(14-6-23)39-31-21-37-31)25-9-17-29(18-10-25)41-33(36)42-30-19-11-26(12-20-30)35(3,4)24-7-15-28(16-8-24)40-32-22-38-32/h5-20,31-33,36H,21-22H2,1-4H3. The molecule has 7 nitrogen and oxygen atoms in total. The molecule has 0 saturated carbocycles. The van der Waals surface area contributed by atoms with E-state index in [2.05, 4.69) is 52.0 Å². The van der Waals surface area contributed by atoms with Crippen molar-refractivity contribution < 1.29 is 33.5 Å². The topological polar surface area (TPSA) is 82.2 Å². The van der Waals surface area contributed by atoms with E-state index in [4.69, 9.17) is 28.4 Å². The first-order valence-corrected chi connectivity index (χ1v) is 14.2. The van der Waals surface area contributed by atoms with Crippen LogP contribution in [-0.4, -0.2) is 37.4 Å². The van der Waals surface area contributed by atoms with Gasteiger partial charge in [0.05, 0.1) is 0 Å². The van der Waals surface area contributed by atoms with Crippen LogP contribution in [0, 0.1) is 0 Å². The minimum atomic E-state index is -1.45. The molecule has 4 aromatic rings. The van der Waals surface area contributed by atoms with Crippen LogP contribution in [0.15, 0.2) is 97.1 Å². The van der Waals surface area contributed by atoms with Gasteiger partial charge in [-0.3, -0.25) is 0 Å². The lowest BCUT2D eigenvalue weighted by Crippen LogP contribution is -2.23. The van der Waals surface area contributed by atoms with Gasteiger partial charge in [-0.15, -0.1) is 0 Å². The molecule has 2 atom stereocenters. The zero-order chi connectivity index (χ0) is 29.3. The molecule has 1 N–H and O–H groups in total. The molecule has 0 bridgehead atoms. The average molecular weight is 569 g/mol. The second-order valence-corrected chi connectivity index (χ2v) is 11.7. The number of aliphatic hydroxyl groups excluding tert-OH is 1. The fourth-order valence-electron chi connectivity index (χ4n) is 4.91. The molecule has 6 rings (SSSR count). The predicted octanol–water partition coefficient (Wildman–Crippen LogP) is 6.54. The van der Waals surface area contributed by atoms with E-state index in [1.807, 2.05) is 72.8 Å². The van der Waals surface area contributed by atoms with E-state index < -0.39 is 6.48 Å². The van der Waals surface area contributed by atoms with Gasteiger partial charge in [-0.05, 0) is 70.8 Å². The molecule has 2 aliphatic heterocycles. The molecule has 2 aliphatic rings. The Bertz CT molecular complexity index is 1350. The van der Waals surface area contributed by atoms with E-state index in [1.54, 1.807) is 0 Å². The maximum absolute atomic E-state index is 10.5. The first-order chi connectivity index (χ1) is 20.2. The molecule has 0 aromatic heterocycles. The Hall–Kier alpha value is -4.04. The van der Waals surface area contributed by atoms with Crippen molar-refractivity contribution in [3.8, 4) is 23.0 Å². The fraction of sp³-hybridized carbons (Fsp3) is 0.314. The van der Waals surface area contributed by atoms with Crippen molar-refractivity contribution in [2.24, 2.45) is 0 Å². The molecule has 7 heteroatoms. The summed E-state index contributed by atoms with van der Waals surface area (Å²) in [6.07, 6.45) is -0.223. The molecule has 0 radical (unpaired) electrons. The zero-order valence-corrected chi connectivity index (χ0v) is 24.3. The molecule has 4 aromatic carbocycles. The molecule has 2 fully saturated rings. The van der Waals surface area contributed by atoms with Crippen molar-refractivity contribution >= 4 is 0 Å². The summed E-state index contributed by atoms with van der Waals surface area (Å²) in [5.41, 5.74) is 4.07. The Kier molecular flexibility index (Phi) is 7.58. The van der Waals surface area contributed by atoms with E-state index in [1.165, 1.54) is 0 Å². The summed E-state index contributed by atoms with van der Waals surface area (Å²) in [4.78, 5) is 0. The number of ether oxygens (including phenoxy) is 6. The number of hydrogen-bond acceptors (Lipinski definition) is 7. The first kappa shape index (κ1) is 28.1. The van der Waals surface area contributed by atoms with Gasteiger partial charge in [0.15, 0.2) is 0 Å². The first-order valence-electron chi connectivity index (χ1n) is 14.2. The van der Waals surface area contributed by atoms with Crippen LogP contribution >= 0.6 is 0 Å². The summed E-state index contributed by atoms with van der Waals surface area (Å²) in [7, 11) is 0. The van der Waals surface area contributed by atoms with Crippen LogP contribution < -0.4 is 18.9 Å². The predicted molar refractivity (Wildman–Crippen MR) is 158 cm³/mol. The highest BCUT2D eigenvalue weighted by Gasteiger charge is 2.28. The molecule has 0 amide bonds. The summed E-state index contributed by atoms with van der Waals surface area (Å²) in [6, 6.07) is 31.5. The summed E-state index contributed by atoms with van der Waals surface area (Å²) in [6.45, 7) is 8.51. The molecule has 0 aliphatic carbocycles. The van der Waals surface area contributed by atoms with E-state index >= 15 is 0 Å². The van der Waals surface area contributed by atoms with Crippen LogP contribution in [0.25, 0.3) is 0 Å². The minimum absolute atomic E-state index is 0.111. The molecule has 2 saturated heterocycles. The third-order valence-corrected chi connectivity index (χ3v) is 7.92. The maximum Gasteiger partial charge on any atom is 0.358 e. The normalized spacial score (nSPS) is 18.6. The minimum Gasteiger partial charge on any atom is -0.462 e. The van der Waals surface area contributed by atoms with Gasteiger partial charge < -0.3 is 33.5 Å². The van der Waals surface area contributed by atoms with Gasteiger partial charge in [0.1, 0.15) is 36.2 Å². The van der Waals surface area contributed by atoms with E-state index in [-0.39, 0.29) is 23.4 Å². The molecular formula is C35H36O7. The van der Waals surface area contributed by atoms with Crippen LogP contribution in [0.1, 0.15) is 49.9 Å². The van der Waals surface area contributed by atoms with Gasteiger partial charge in [-0.2, -0.15) is 0 Å². The average Bonchev–Trinajstić information content (AvgIpc) is 3.92. The van der Waals surface area contributed by atoms with E-state index in [0.29, 0.717) is 24.7 Å². The van der Waals surface area contributed by atoms with Gasteiger partial charge in [0, 0.05) is 10.8 Å². The maximum atomic E-state index is 10.5. The Morgan fingerprint density at radius 1 is 0.524 bits per heavy atom. The second-order valence-electron chi connectivity index (χ2n) is 11.7. The van der Waals surface area contributed by atoms with Crippen LogP contribution in [0.5, 0.6) is 23.0 Å². The van der Waals surface area contributed by atoms with Crippen LogP contribution in [-0.2, 0) is 20.3 Å². The number of rotatable bonds is 12. The van der Waals surface area contributed by atoms with Crippen LogP contribution in [0.2, 0.25) is 0 Å². The highest BCUT2D eigenvalue weighted by Crippen LogP contribution is 2.35. The molecule has 42 heavy (non-hydrogen) atoms. The SMILES string of the molecule is CC(C)(c1ccc(OC(O)Oc2ccc(C(C)(C)c3ccc(OC4CO4)cc3)cc2)cc1)c1ccc(OC2CO2)cc1. The number of epoxide rings is 2. The molecule has 218 valence electrons. The van der Waals surface area contributed by atoms with Gasteiger partial charge in [0.2, 0.25) is 12.6 Å². The lowest BCUT2D eigenvalue weighted by molar-refractivity contribution is -0.160. The fourth-order valence-corrected chi connectivity index (χ4v) is 4.91. The van der Waals surface area contributed by atoms with Gasteiger partial charge in [-0.1, -0.05) is 76.2 Å². The lowest BCUT2D eigenvalue weighted by Gasteiger charge is -2.27. The van der Waals surface area contributed by atoms with Crippen molar-refractivity contribution in [2.75, 3.05) is 13.2 Å². The summed E-state index contributed by atoms with van der Waals surface area (Å²) in [5, 5.41) is 10.5. The van der Waals surface area contributed by atoms with Crippen molar-refractivity contribution in [3.63, 3.8) is 0 Å². The molecule has 2 unspecified atom stereocenters. The number of benzene rings is 4. The van der Waals surface area contributed by atoms with E-state index in [9.17, 15) is 5.11 Å². The Morgan fingerprint density at radius 3 is 1.05 bits per heavy atom. The summed E-state index contributed by atoms with van der Waals surface area (Å²) >= 11 is 0. The lowest BCUT2D eigenvalue weighted by atomic mass is 9.78. The van der Waals surface area contributed by atoms with Gasteiger partial charge >= 0.3 is 6.48 Å². The summed E-state index contributed by atoms with van der Waals surface area (Å²) < 4.78 is 32.9. The largest absolute Gasteiger partial charge is 0.462 e. The third-order valence-electron chi connectivity index (χ3n) is 7.92. The third kappa shape index (κ3) is 6.54. The Labute approximate surface area is 246 Å². The highest BCUT2D eigenvalue weighted by atomic mass is 16.8. The molecular weight excluding hydrogens is 532 g/mol. The quantitative estimate of drug-likeness (QED) is 0.153.